The van der Waals surface area contributed by atoms with Crippen LogP contribution in [0.15, 0.2) is 41.0 Å². The number of nitrogens with two attached hydrogens (primary N) is 1. The van der Waals surface area contributed by atoms with Crippen LogP contribution in [0.2, 0.25) is 0 Å². The summed E-state index contributed by atoms with van der Waals surface area (Å²) in [5.41, 5.74) is 6.12. The quantitative estimate of drug-likeness (QED) is 0.251. The van der Waals surface area contributed by atoms with Crippen LogP contribution in [-0.4, -0.2) is 19.7 Å². The lowest BCUT2D eigenvalue weighted by Gasteiger charge is -2.27. The maximum Gasteiger partial charge on any atom is 0.338 e. The van der Waals surface area contributed by atoms with Crippen LogP contribution in [0.3, 0.4) is 0 Å². The van der Waals surface area contributed by atoms with E-state index in [1.165, 1.54) is 32.2 Å². The highest BCUT2D eigenvalue weighted by Gasteiger charge is 2.36. The van der Waals surface area contributed by atoms with Gasteiger partial charge in [-0.15, -0.1) is 0 Å². The zero-order valence-corrected chi connectivity index (χ0v) is 19.2. The van der Waals surface area contributed by atoms with Crippen molar-refractivity contribution in [2.75, 3.05) is 13.7 Å². The fourth-order valence-electron chi connectivity index (χ4n) is 3.64. The predicted octanol–water partition coefficient (Wildman–Crippen LogP) is 4.61. The molecule has 2 aromatic rings. The average Bonchev–Trinajstić information content (AvgIpc) is 2.85. The molecule has 0 aromatic heterocycles. The molecule has 0 unspecified atom stereocenters. The molecule has 1 atom stereocenters. The zero-order valence-electron chi connectivity index (χ0n) is 19.2. The Hall–Kier alpha value is -4.27. The van der Waals surface area contributed by atoms with Crippen molar-refractivity contribution < 1.29 is 45.7 Å². The number of allylic oxidation sites excluding steroid dienone is 2. The van der Waals surface area contributed by atoms with Crippen LogP contribution in [-0.2, 0) is 20.9 Å². The van der Waals surface area contributed by atoms with Gasteiger partial charge in [0.15, 0.2) is 5.75 Å². The van der Waals surface area contributed by atoms with Gasteiger partial charge in [0.1, 0.15) is 29.8 Å². The van der Waals surface area contributed by atoms with Crippen LogP contribution < -0.4 is 15.2 Å². The lowest BCUT2D eigenvalue weighted by atomic mass is 9.82. The molecule has 36 heavy (non-hydrogen) atoms. The van der Waals surface area contributed by atoms with Gasteiger partial charge in [-0.05, 0) is 31.5 Å². The van der Waals surface area contributed by atoms with E-state index in [1.807, 2.05) is 6.07 Å². The van der Waals surface area contributed by atoms with Gasteiger partial charge in [0.05, 0.1) is 25.2 Å². The SMILES string of the molecule is CCOC(=O)C1=C(C)OC(N)=C(C#N)[C@@H]1c1ccc(OC)c(COc2c(F)c(F)c(F)c(F)c2F)c1. The number of carbonyl (C=O) groups excluding carboxylic acids is 1. The molecular formula is C24H19F5N2O5. The van der Waals surface area contributed by atoms with Gasteiger partial charge in [-0.2, -0.15) is 14.0 Å². The molecule has 0 bridgehead atoms. The molecule has 1 heterocycles. The zero-order chi connectivity index (χ0) is 26.7. The third-order valence-corrected chi connectivity index (χ3v) is 5.28. The van der Waals surface area contributed by atoms with Crippen molar-refractivity contribution in [3.05, 3.63) is 81.2 Å². The smallest absolute Gasteiger partial charge is 0.338 e. The number of esters is 1. The standard InChI is InChI=1S/C24H19F5N2O5/c1-4-34-24(32)15-10(2)36-23(31)13(8-30)16(15)11-5-6-14(33-3)12(7-11)9-35-22-20(28)18(26)17(25)19(27)21(22)29/h5-7,16H,4,9,31H2,1-3H3/t16-/m0/s1. The van der Waals surface area contributed by atoms with E-state index in [0.29, 0.717) is 0 Å². The molecule has 1 aliphatic rings. The summed E-state index contributed by atoms with van der Waals surface area (Å²) in [7, 11) is 1.28. The predicted molar refractivity (Wildman–Crippen MR) is 114 cm³/mol. The van der Waals surface area contributed by atoms with E-state index >= 15 is 0 Å². The number of hydrogen-bond donors (Lipinski definition) is 1. The summed E-state index contributed by atoms with van der Waals surface area (Å²) in [5, 5.41) is 9.69. The molecule has 3 rings (SSSR count). The highest BCUT2D eigenvalue weighted by molar-refractivity contribution is 5.92. The monoisotopic (exact) mass is 510 g/mol. The number of benzene rings is 2. The van der Waals surface area contributed by atoms with Crippen molar-refractivity contribution in [1.82, 2.24) is 0 Å². The third kappa shape index (κ3) is 4.64. The second kappa shape index (κ2) is 10.6. The van der Waals surface area contributed by atoms with Gasteiger partial charge in [0.2, 0.25) is 35.0 Å². The van der Waals surface area contributed by atoms with Crippen molar-refractivity contribution in [2.45, 2.75) is 26.4 Å². The average molecular weight is 510 g/mol. The number of ether oxygens (including phenoxy) is 4. The van der Waals surface area contributed by atoms with Crippen LogP contribution in [0.4, 0.5) is 22.0 Å². The summed E-state index contributed by atoms with van der Waals surface area (Å²) >= 11 is 0. The Morgan fingerprint density at radius 3 is 2.28 bits per heavy atom. The first-order valence-corrected chi connectivity index (χ1v) is 10.3. The summed E-state index contributed by atoms with van der Waals surface area (Å²) in [5.74, 6) is -14.3. The van der Waals surface area contributed by atoms with E-state index in [0.717, 1.165) is 0 Å². The largest absolute Gasteiger partial charge is 0.496 e. The Labute approximate surface area is 202 Å². The molecule has 2 N–H and O–H groups in total. The van der Waals surface area contributed by atoms with E-state index in [4.69, 9.17) is 24.7 Å². The molecule has 0 fully saturated rings. The van der Waals surface area contributed by atoms with Crippen LogP contribution in [0.1, 0.15) is 30.9 Å². The van der Waals surface area contributed by atoms with Gasteiger partial charge in [-0.1, -0.05) is 6.07 Å². The highest BCUT2D eigenvalue weighted by Crippen LogP contribution is 2.41. The number of nitrogens with zero attached hydrogens (tertiary/aromatic N) is 1. The summed E-state index contributed by atoms with van der Waals surface area (Å²) in [6, 6.07) is 6.17. The fourth-order valence-corrected chi connectivity index (χ4v) is 3.64. The van der Waals surface area contributed by atoms with Gasteiger partial charge in [0, 0.05) is 5.56 Å². The van der Waals surface area contributed by atoms with Crippen molar-refractivity contribution in [2.24, 2.45) is 5.73 Å². The highest BCUT2D eigenvalue weighted by atomic mass is 19.2. The first kappa shape index (κ1) is 26.3. The van der Waals surface area contributed by atoms with Crippen molar-refractivity contribution in [3.63, 3.8) is 0 Å². The minimum Gasteiger partial charge on any atom is -0.496 e. The van der Waals surface area contributed by atoms with Gasteiger partial charge >= 0.3 is 5.97 Å². The van der Waals surface area contributed by atoms with Crippen molar-refractivity contribution >= 4 is 5.97 Å². The van der Waals surface area contributed by atoms with E-state index in [2.05, 4.69) is 0 Å². The van der Waals surface area contributed by atoms with Crippen LogP contribution in [0.5, 0.6) is 11.5 Å². The van der Waals surface area contributed by atoms with Crippen LogP contribution >= 0.6 is 0 Å². The normalized spacial score (nSPS) is 15.4. The molecule has 1 aliphatic heterocycles. The van der Waals surface area contributed by atoms with E-state index in [-0.39, 0.29) is 46.3 Å². The van der Waals surface area contributed by atoms with Crippen LogP contribution in [0, 0.1) is 40.4 Å². The molecule has 190 valence electrons. The summed E-state index contributed by atoms with van der Waals surface area (Å²) in [6.45, 7) is 2.38. The molecule has 0 radical (unpaired) electrons. The van der Waals surface area contributed by atoms with E-state index in [9.17, 15) is 32.0 Å². The number of halogens is 5. The Kier molecular flexibility index (Phi) is 7.72. The van der Waals surface area contributed by atoms with E-state index < -0.39 is 53.3 Å². The molecular weight excluding hydrogens is 491 g/mol. The minimum absolute atomic E-state index is 0.0144. The Morgan fingerprint density at radius 2 is 1.72 bits per heavy atom. The van der Waals surface area contributed by atoms with Crippen LogP contribution in [0.25, 0.3) is 0 Å². The number of nitriles is 1. The molecule has 0 amide bonds. The van der Waals surface area contributed by atoms with Gasteiger partial charge in [-0.25, -0.2) is 18.0 Å². The lowest BCUT2D eigenvalue weighted by molar-refractivity contribution is -0.139. The fraction of sp³-hybridized carbons (Fsp3) is 0.250. The Balaban J connectivity index is 2.08. The molecule has 0 spiro atoms. The number of carbonyl (C=O) groups is 1. The Morgan fingerprint density at radius 1 is 1.11 bits per heavy atom. The first-order valence-electron chi connectivity index (χ1n) is 10.3. The number of methoxy groups -OCH3 is 1. The lowest BCUT2D eigenvalue weighted by Crippen LogP contribution is -2.25. The second-order valence-electron chi connectivity index (χ2n) is 7.37. The molecule has 2 aromatic carbocycles. The summed E-state index contributed by atoms with van der Waals surface area (Å²) < 4.78 is 89.1. The van der Waals surface area contributed by atoms with Gasteiger partial charge < -0.3 is 24.7 Å². The third-order valence-electron chi connectivity index (χ3n) is 5.28. The van der Waals surface area contributed by atoms with Gasteiger partial charge in [0.25, 0.3) is 0 Å². The van der Waals surface area contributed by atoms with E-state index in [1.54, 1.807) is 6.92 Å². The maximum atomic E-state index is 14.0. The maximum absolute atomic E-state index is 14.0. The number of hydrogen-bond acceptors (Lipinski definition) is 7. The molecule has 0 aliphatic carbocycles. The van der Waals surface area contributed by atoms with Crippen molar-refractivity contribution in [3.8, 4) is 17.6 Å². The molecule has 0 saturated carbocycles. The first-order chi connectivity index (χ1) is 17.1. The van der Waals surface area contributed by atoms with Crippen molar-refractivity contribution in [1.29, 1.82) is 5.26 Å². The Bertz CT molecular complexity index is 1300. The molecule has 7 nitrogen and oxygen atoms in total. The molecule has 12 heteroatoms. The number of rotatable bonds is 7. The van der Waals surface area contributed by atoms with Gasteiger partial charge in [-0.3, -0.25) is 0 Å². The molecule has 0 saturated heterocycles. The topological polar surface area (TPSA) is 104 Å². The minimum atomic E-state index is -2.32. The summed E-state index contributed by atoms with van der Waals surface area (Å²) in [4.78, 5) is 12.7. The summed E-state index contributed by atoms with van der Waals surface area (Å²) in [6.07, 6.45) is 0. The second-order valence-corrected chi connectivity index (χ2v) is 7.37.